The van der Waals surface area contributed by atoms with Gasteiger partial charge in [0.15, 0.2) is 0 Å². The van der Waals surface area contributed by atoms with Gasteiger partial charge in [0.1, 0.15) is 6.29 Å². The van der Waals surface area contributed by atoms with Crippen LogP contribution in [0.3, 0.4) is 0 Å². The first kappa shape index (κ1) is 11.4. The predicted molar refractivity (Wildman–Crippen MR) is 53.1 cm³/mol. The van der Waals surface area contributed by atoms with Crippen LogP contribution in [0.5, 0.6) is 0 Å². The van der Waals surface area contributed by atoms with Crippen molar-refractivity contribution in [3.63, 3.8) is 0 Å². The Morgan fingerprint density at radius 1 is 1.25 bits per heavy atom. The van der Waals surface area contributed by atoms with Crippen molar-refractivity contribution in [3.8, 4) is 0 Å². The molecule has 0 bridgehead atoms. The molecule has 0 saturated heterocycles. The number of aldehydes is 1. The molecule has 1 nitrogen and oxygen atoms in total. The van der Waals surface area contributed by atoms with Crippen LogP contribution in [0.15, 0.2) is 11.1 Å². The monoisotopic (exact) mass is 168 g/mol. The van der Waals surface area contributed by atoms with E-state index in [1.165, 1.54) is 11.1 Å². The predicted octanol–water partition coefficient (Wildman–Crippen LogP) is 3.20. The number of hydrogen-bond donors (Lipinski definition) is 0. The third-order valence-corrected chi connectivity index (χ3v) is 2.86. The Morgan fingerprint density at radius 2 is 1.67 bits per heavy atom. The fourth-order valence-corrected chi connectivity index (χ4v) is 1.09. The fourth-order valence-electron chi connectivity index (χ4n) is 1.09. The Bertz CT molecular complexity index is 195. The van der Waals surface area contributed by atoms with Crippen LogP contribution in [-0.4, -0.2) is 6.29 Å². The van der Waals surface area contributed by atoms with Gasteiger partial charge in [0.25, 0.3) is 0 Å². The van der Waals surface area contributed by atoms with Crippen LogP contribution >= 0.6 is 0 Å². The quantitative estimate of drug-likeness (QED) is 0.467. The van der Waals surface area contributed by atoms with E-state index >= 15 is 0 Å². The Morgan fingerprint density at radius 3 is 1.92 bits per heavy atom. The summed E-state index contributed by atoms with van der Waals surface area (Å²) in [6.07, 6.45) is 1.05. The van der Waals surface area contributed by atoms with Crippen LogP contribution in [0.25, 0.3) is 0 Å². The standard InChI is InChI=1S/C11H20O/c1-8(2)9(3)10(4)11(5,6)7-12/h7,10H,1-6H3. The zero-order valence-corrected chi connectivity index (χ0v) is 9.06. The highest BCUT2D eigenvalue weighted by Gasteiger charge is 2.26. The summed E-state index contributed by atoms with van der Waals surface area (Å²) >= 11 is 0. The molecule has 0 amide bonds. The van der Waals surface area contributed by atoms with Gasteiger partial charge in [0.2, 0.25) is 0 Å². The molecule has 1 unspecified atom stereocenters. The average Bonchev–Trinajstić information content (AvgIpc) is 2.01. The molecule has 1 heteroatoms. The van der Waals surface area contributed by atoms with Gasteiger partial charge in [0.05, 0.1) is 0 Å². The maximum atomic E-state index is 10.8. The van der Waals surface area contributed by atoms with Gasteiger partial charge in [-0.15, -0.1) is 0 Å². The molecular weight excluding hydrogens is 148 g/mol. The minimum absolute atomic E-state index is 0.235. The van der Waals surface area contributed by atoms with Crippen molar-refractivity contribution in [2.75, 3.05) is 0 Å². The molecule has 0 aliphatic carbocycles. The Balaban J connectivity index is 4.72. The number of hydrogen-bond acceptors (Lipinski definition) is 1. The summed E-state index contributed by atoms with van der Waals surface area (Å²) in [4.78, 5) is 10.8. The second-order valence-corrected chi connectivity index (χ2v) is 4.34. The lowest BCUT2D eigenvalue weighted by Crippen LogP contribution is -2.24. The summed E-state index contributed by atoms with van der Waals surface area (Å²) in [6, 6.07) is 0. The second kappa shape index (κ2) is 3.88. The van der Waals surface area contributed by atoms with Crippen molar-refractivity contribution in [1.29, 1.82) is 0 Å². The maximum Gasteiger partial charge on any atom is 0.126 e. The molecule has 0 saturated carbocycles. The van der Waals surface area contributed by atoms with E-state index in [1.54, 1.807) is 0 Å². The zero-order valence-electron chi connectivity index (χ0n) is 9.06. The second-order valence-electron chi connectivity index (χ2n) is 4.34. The topological polar surface area (TPSA) is 17.1 Å². The SMILES string of the molecule is CC(C)=C(C)C(C)C(C)(C)C=O. The lowest BCUT2D eigenvalue weighted by Gasteiger charge is -2.27. The molecule has 0 aromatic carbocycles. The van der Waals surface area contributed by atoms with Gasteiger partial charge >= 0.3 is 0 Å². The van der Waals surface area contributed by atoms with Crippen LogP contribution in [0.4, 0.5) is 0 Å². The molecule has 0 spiro atoms. The van der Waals surface area contributed by atoms with Gasteiger partial charge in [-0.25, -0.2) is 0 Å². The van der Waals surface area contributed by atoms with Crippen LogP contribution in [0.1, 0.15) is 41.5 Å². The van der Waals surface area contributed by atoms with Crippen molar-refractivity contribution in [3.05, 3.63) is 11.1 Å². The normalized spacial score (nSPS) is 13.8. The first-order valence-electron chi connectivity index (χ1n) is 4.43. The maximum absolute atomic E-state index is 10.8. The van der Waals surface area contributed by atoms with Gasteiger partial charge < -0.3 is 4.79 Å². The van der Waals surface area contributed by atoms with E-state index in [0.29, 0.717) is 5.92 Å². The number of allylic oxidation sites excluding steroid dienone is 2. The van der Waals surface area contributed by atoms with E-state index < -0.39 is 0 Å². The Hall–Kier alpha value is -0.590. The van der Waals surface area contributed by atoms with E-state index in [2.05, 4.69) is 27.7 Å². The molecule has 0 fully saturated rings. The summed E-state index contributed by atoms with van der Waals surface area (Å²) in [6.45, 7) is 12.4. The van der Waals surface area contributed by atoms with Gasteiger partial charge in [-0.3, -0.25) is 0 Å². The summed E-state index contributed by atoms with van der Waals surface area (Å²) < 4.78 is 0. The van der Waals surface area contributed by atoms with Crippen molar-refractivity contribution in [2.45, 2.75) is 41.5 Å². The van der Waals surface area contributed by atoms with Gasteiger partial charge in [-0.2, -0.15) is 0 Å². The van der Waals surface area contributed by atoms with Crippen molar-refractivity contribution in [1.82, 2.24) is 0 Å². The molecule has 0 aromatic heterocycles. The minimum Gasteiger partial charge on any atom is -0.303 e. The molecule has 0 rings (SSSR count). The lowest BCUT2D eigenvalue weighted by atomic mass is 9.76. The van der Waals surface area contributed by atoms with Crippen molar-refractivity contribution >= 4 is 6.29 Å². The van der Waals surface area contributed by atoms with E-state index in [1.807, 2.05) is 13.8 Å². The fraction of sp³-hybridized carbons (Fsp3) is 0.727. The number of carbonyl (C=O) groups is 1. The molecule has 0 aromatic rings. The molecule has 0 heterocycles. The van der Waals surface area contributed by atoms with Crippen LogP contribution in [0.2, 0.25) is 0 Å². The average molecular weight is 168 g/mol. The molecule has 0 radical (unpaired) electrons. The summed E-state index contributed by atoms with van der Waals surface area (Å²) in [5.74, 6) is 0.333. The highest BCUT2D eigenvalue weighted by molar-refractivity contribution is 5.59. The van der Waals surface area contributed by atoms with Crippen molar-refractivity contribution < 1.29 is 4.79 Å². The summed E-state index contributed by atoms with van der Waals surface area (Å²) in [5.41, 5.74) is 2.41. The highest BCUT2D eigenvalue weighted by Crippen LogP contribution is 2.31. The molecule has 12 heavy (non-hydrogen) atoms. The largest absolute Gasteiger partial charge is 0.303 e. The van der Waals surface area contributed by atoms with Gasteiger partial charge in [0, 0.05) is 5.41 Å². The first-order chi connectivity index (χ1) is 5.33. The highest BCUT2D eigenvalue weighted by atomic mass is 16.1. The smallest absolute Gasteiger partial charge is 0.126 e. The third-order valence-electron chi connectivity index (χ3n) is 2.86. The Labute approximate surface area is 75.9 Å². The lowest BCUT2D eigenvalue weighted by molar-refractivity contribution is -0.116. The van der Waals surface area contributed by atoms with Gasteiger partial charge in [-0.05, 0) is 26.7 Å². The van der Waals surface area contributed by atoms with Crippen LogP contribution < -0.4 is 0 Å². The Kier molecular flexibility index (Phi) is 3.69. The van der Waals surface area contributed by atoms with E-state index in [4.69, 9.17) is 0 Å². The molecule has 0 N–H and O–H groups in total. The van der Waals surface area contributed by atoms with Crippen LogP contribution in [0, 0.1) is 11.3 Å². The first-order valence-corrected chi connectivity index (χ1v) is 4.43. The van der Waals surface area contributed by atoms with E-state index in [-0.39, 0.29) is 5.41 Å². The number of rotatable bonds is 3. The molecule has 70 valence electrons. The zero-order chi connectivity index (χ0) is 9.94. The minimum atomic E-state index is -0.235. The molecule has 0 aliphatic heterocycles. The summed E-state index contributed by atoms with van der Waals surface area (Å²) in [5, 5.41) is 0. The van der Waals surface area contributed by atoms with E-state index in [0.717, 1.165) is 6.29 Å². The van der Waals surface area contributed by atoms with E-state index in [9.17, 15) is 4.79 Å². The molecule has 0 aliphatic rings. The van der Waals surface area contributed by atoms with Crippen molar-refractivity contribution in [2.24, 2.45) is 11.3 Å². The van der Waals surface area contributed by atoms with Crippen LogP contribution in [-0.2, 0) is 4.79 Å². The summed E-state index contributed by atoms with van der Waals surface area (Å²) in [7, 11) is 0. The van der Waals surface area contributed by atoms with Gasteiger partial charge in [-0.1, -0.05) is 31.9 Å². The number of carbonyl (C=O) groups excluding carboxylic acids is 1. The molecular formula is C11H20O. The molecule has 1 atom stereocenters. The third kappa shape index (κ3) is 2.47.